The molecule has 0 aliphatic heterocycles. The van der Waals surface area contributed by atoms with E-state index in [-0.39, 0.29) is 19.5 Å². The Morgan fingerprint density at radius 2 is 0.515 bits per heavy atom. The number of rotatable bonds is 15. The molecule has 0 N–H and O–H groups in total. The molecule has 0 fully saturated rings. The molecule has 0 spiro atoms. The minimum Gasteiger partial charge on any atom is -0.844 e. The van der Waals surface area contributed by atoms with Crippen molar-refractivity contribution in [2.24, 2.45) is 9.49 Å². The molecule has 1 aromatic heterocycles. The van der Waals surface area contributed by atoms with Crippen molar-refractivity contribution in [1.82, 2.24) is 0 Å². The fraction of sp³-hybridized carbons (Fsp3) is 0.177. The Balaban J connectivity index is 0.000000235. The van der Waals surface area contributed by atoms with Gasteiger partial charge in [0.1, 0.15) is 17.3 Å². The van der Waals surface area contributed by atoms with E-state index in [2.05, 4.69) is 239 Å². The maximum Gasteiger partial charge on any atom is 2.00 e. The second-order valence-electron chi connectivity index (χ2n) is 30.3. The number of para-hydroxylation sites is 2. The predicted octanol–water partition coefficient (Wildman–Crippen LogP) is 25.3. The maximum atomic E-state index is 14.2. The van der Waals surface area contributed by atoms with E-state index in [1.165, 1.54) is 46.4 Å². The number of carbonyl (C=O) groups is 1. The molecule has 0 amide bonds. The largest absolute Gasteiger partial charge is 2.00 e. The Bertz CT molecular complexity index is 5610. The smallest absolute Gasteiger partial charge is 0.844 e. The minimum atomic E-state index is -6.13. The number of halogens is 24. The number of fused-ring (bicyclic) bond motifs is 3. The Hall–Kier alpha value is -11.4. The number of hydrogen-bond donors (Lipinski definition) is 0. The number of alkyl halides is 24. The molecule has 1 heterocycles. The van der Waals surface area contributed by atoms with E-state index >= 15 is 0 Å². The second-order valence-corrected chi connectivity index (χ2v) is 36.2. The van der Waals surface area contributed by atoms with Gasteiger partial charge >= 0.3 is 68.9 Å². The zero-order valence-electron chi connectivity index (χ0n) is 69.0. The molecular weight excluding hydrogens is 1840 g/mol. The van der Waals surface area contributed by atoms with E-state index in [4.69, 9.17) is 13.9 Å². The standard InChI is InChI=1S/C54H48N2OP2.C32H12BF24.C6H6.C4H7O3.Zn/c1-39(2)41-31-35-43(36-32-41)55-58(45-19-9-5-10-20-45,46-21-11-6-12-22-46)51-29-17-27-49-50-28-18-30-52(54(50)57-53(49)51)59(47-23-13-7-14-24-47,48-25-15-8-16-26-48)56-44-37-33-42(34-38-44)40(3)4;34-25(35,36)13-1-14(26(37,38)39)6-21(5-13)33(22-7-15(27(40,41)42)2-16(8-22)28(43,44)45,23-9-17(29(46,47)48)3-18(10-23)30(49,50)51)24-11-19(31(52,53)54)4-20(12-24)32(55,56)57;1-2-4-6-5-3-1;1-3(5)4(6)7-2;/h5-40H,1-4H3;1-12H;1-6H;3H,1-2H3;/q;-1;;-1;+2/t;;;3-;/m...0./s1. The number of esters is 1. The Labute approximate surface area is 742 Å². The zero-order valence-corrected chi connectivity index (χ0v) is 73.8. The van der Waals surface area contributed by atoms with Gasteiger partial charge in [-0.2, -0.15) is 127 Å². The van der Waals surface area contributed by atoms with Gasteiger partial charge in [0.2, 0.25) is 0 Å². The third-order valence-corrected chi connectivity index (χ3v) is 28.3. The first-order chi connectivity index (χ1) is 60.3. The summed E-state index contributed by atoms with van der Waals surface area (Å²) in [6.45, 7) is 10.2. The minimum absolute atomic E-state index is 0. The summed E-state index contributed by atoms with van der Waals surface area (Å²) >= 11 is 0. The van der Waals surface area contributed by atoms with Crippen molar-refractivity contribution < 1.29 is 144 Å². The third kappa shape index (κ3) is 22.6. The number of ether oxygens (including phenoxy) is 1. The Morgan fingerprint density at radius 3 is 0.692 bits per heavy atom. The Kier molecular flexibility index (Phi) is 30.8. The van der Waals surface area contributed by atoms with E-state index < -0.39 is 221 Å². The molecular formula is C96H73BF24N2O4P2Zn. The molecule has 6 nitrogen and oxygen atoms in total. The molecule has 0 saturated heterocycles. The van der Waals surface area contributed by atoms with Gasteiger partial charge in [-0.3, -0.25) is 14.3 Å². The molecule has 13 aromatic carbocycles. The third-order valence-electron chi connectivity index (χ3n) is 21.0. The summed E-state index contributed by atoms with van der Waals surface area (Å²) in [4.78, 5) is 9.98. The maximum absolute atomic E-state index is 14.2. The summed E-state index contributed by atoms with van der Waals surface area (Å²) in [6.07, 6.45) is -56.1. The van der Waals surface area contributed by atoms with Gasteiger partial charge in [0.25, 0.3) is 5.97 Å². The van der Waals surface area contributed by atoms with E-state index in [9.17, 15) is 115 Å². The zero-order chi connectivity index (χ0) is 94.4. The van der Waals surface area contributed by atoms with Crippen LogP contribution in [0.3, 0.4) is 0 Å². The van der Waals surface area contributed by atoms with Crippen LogP contribution in [0.4, 0.5) is 117 Å². The van der Waals surface area contributed by atoms with Gasteiger partial charge in [0.15, 0.2) is 0 Å². The van der Waals surface area contributed by atoms with Crippen LogP contribution in [0.5, 0.6) is 0 Å². The molecule has 0 aliphatic rings. The van der Waals surface area contributed by atoms with Crippen molar-refractivity contribution >= 4 is 113 Å². The summed E-state index contributed by atoms with van der Waals surface area (Å²) in [7, 11) is -4.28. The second kappa shape index (κ2) is 39.7. The number of methoxy groups -OCH3 is 1. The average molecular weight is 1910 g/mol. The van der Waals surface area contributed by atoms with Gasteiger partial charge in [-0.15, -0.1) is 0 Å². The van der Waals surface area contributed by atoms with E-state index in [0.29, 0.717) is 11.8 Å². The molecule has 674 valence electrons. The van der Waals surface area contributed by atoms with Crippen LogP contribution in [0.1, 0.15) is 102 Å². The molecule has 0 unspecified atom stereocenters. The number of nitrogens with zero attached hydrogens (tertiary/aromatic N) is 2. The van der Waals surface area contributed by atoms with Crippen molar-refractivity contribution in [3.63, 3.8) is 0 Å². The molecule has 0 bridgehead atoms. The van der Waals surface area contributed by atoms with Crippen molar-refractivity contribution in [2.75, 3.05) is 7.11 Å². The van der Waals surface area contributed by atoms with Gasteiger partial charge in [-0.25, -0.2) is 0 Å². The van der Waals surface area contributed by atoms with E-state index in [1.807, 2.05) is 36.4 Å². The van der Waals surface area contributed by atoms with Crippen LogP contribution in [0.2, 0.25) is 0 Å². The van der Waals surface area contributed by atoms with Crippen LogP contribution in [0.25, 0.3) is 21.9 Å². The van der Waals surface area contributed by atoms with Gasteiger partial charge in [0.05, 0.1) is 77.1 Å². The molecule has 1 atom stereocenters. The molecule has 14 rings (SSSR count). The number of carbonyl (C=O) groups excluding carboxylic acids is 1. The molecule has 0 aliphatic carbocycles. The van der Waals surface area contributed by atoms with Gasteiger partial charge < -0.3 is 14.3 Å². The first-order valence-corrected chi connectivity index (χ1v) is 42.5. The molecule has 34 heteroatoms. The van der Waals surface area contributed by atoms with Crippen molar-refractivity contribution in [3.05, 3.63) is 371 Å². The number of benzene rings is 13. The van der Waals surface area contributed by atoms with E-state index in [0.717, 1.165) is 43.9 Å². The molecule has 130 heavy (non-hydrogen) atoms. The Morgan fingerprint density at radius 1 is 0.308 bits per heavy atom. The van der Waals surface area contributed by atoms with Crippen LogP contribution in [-0.2, 0) is 78.4 Å². The van der Waals surface area contributed by atoms with Gasteiger partial charge in [-0.1, -0.05) is 289 Å². The SMILES string of the molecule is CC(C)c1ccc(N=P(c2ccccc2)(c2ccccc2)c2cccc3c2oc2c(P(=Nc4ccc(C(C)C)cc4)(c4ccccc4)c4ccccc4)cccc23)cc1.COC(=O)[C@H](C)[O-].FC(F)(F)c1cc([B-](c2cc(C(F)(F)F)cc(C(F)(F)F)c2)(c2cc(C(F)(F)F)cc(C(F)(F)F)c2)c2cc(C(F)(F)F)cc(C(F)(F)F)c2)cc(C(F)(F)F)c1.[Zn+2].c1ccccc1. The monoisotopic (exact) mass is 1910 g/mol. The summed E-state index contributed by atoms with van der Waals surface area (Å²) in [5.41, 5.74) is -24.0. The van der Waals surface area contributed by atoms with Crippen LogP contribution >= 0.6 is 14.1 Å². The number of furan rings is 1. The van der Waals surface area contributed by atoms with Crippen LogP contribution < -0.4 is 58.8 Å². The van der Waals surface area contributed by atoms with Crippen molar-refractivity contribution in [3.8, 4) is 0 Å². The molecule has 14 aromatic rings. The summed E-state index contributed by atoms with van der Waals surface area (Å²) in [5.74, 6) is 0.149. The van der Waals surface area contributed by atoms with Crippen molar-refractivity contribution in [1.29, 1.82) is 0 Å². The first kappa shape index (κ1) is 101. The fourth-order valence-electron chi connectivity index (χ4n) is 14.9. The quantitative estimate of drug-likeness (QED) is 0.0443. The summed E-state index contributed by atoms with van der Waals surface area (Å²) in [5, 5.41) is 19.0. The summed E-state index contributed by atoms with van der Waals surface area (Å²) < 4.78 is 364. The van der Waals surface area contributed by atoms with Gasteiger partial charge in [0, 0.05) is 42.6 Å². The fourth-order valence-corrected chi connectivity index (χ4v) is 22.2. The number of hydrogen-bond acceptors (Lipinski definition) is 6. The average Bonchev–Trinajstić information content (AvgIpc) is 0.809. The van der Waals surface area contributed by atoms with Crippen molar-refractivity contribution in [2.45, 2.75) is 102 Å². The predicted molar refractivity (Wildman–Crippen MR) is 454 cm³/mol. The van der Waals surface area contributed by atoms with Crippen LogP contribution in [0, 0.1) is 0 Å². The summed E-state index contributed by atoms with van der Waals surface area (Å²) in [6, 6.07) is 77.5. The first-order valence-electron chi connectivity index (χ1n) is 39.0. The van der Waals surface area contributed by atoms with Crippen LogP contribution in [0.15, 0.2) is 329 Å². The normalized spacial score (nSPS) is 12.8. The molecule has 0 radical (unpaired) electrons. The van der Waals surface area contributed by atoms with E-state index in [1.54, 1.807) is 0 Å². The van der Waals surface area contributed by atoms with Gasteiger partial charge in [-0.05, 0) is 89.7 Å². The molecule has 0 saturated carbocycles. The topological polar surface area (TPSA) is 87.2 Å². The van der Waals surface area contributed by atoms with Crippen LogP contribution in [-0.4, -0.2) is 25.3 Å².